The van der Waals surface area contributed by atoms with E-state index in [-0.39, 0.29) is 17.4 Å². The van der Waals surface area contributed by atoms with Gasteiger partial charge in [-0.2, -0.15) is 0 Å². The average molecular weight is 522 g/mol. The summed E-state index contributed by atoms with van der Waals surface area (Å²) in [6, 6.07) is 3.90. The molecule has 2 N–H and O–H groups in total. The van der Waals surface area contributed by atoms with Crippen molar-refractivity contribution in [2.45, 2.75) is 57.2 Å². The van der Waals surface area contributed by atoms with E-state index in [9.17, 15) is 14.4 Å². The van der Waals surface area contributed by atoms with E-state index in [0.717, 1.165) is 50.6 Å². The van der Waals surface area contributed by atoms with E-state index >= 15 is 0 Å². The molecule has 1 saturated carbocycles. The molecule has 3 aliphatic rings. The molecule has 11 heteroatoms. The molecule has 3 aromatic heterocycles. The molecule has 1 spiro atoms. The summed E-state index contributed by atoms with van der Waals surface area (Å²) in [6.45, 7) is 3.29. The van der Waals surface area contributed by atoms with Crippen molar-refractivity contribution in [3.05, 3.63) is 44.9 Å². The Morgan fingerprint density at radius 2 is 1.97 bits per heavy atom. The van der Waals surface area contributed by atoms with Crippen LogP contribution in [0.2, 0.25) is 0 Å². The second-order valence-corrected chi connectivity index (χ2v) is 11.6. The fraction of sp³-hybridized carbons (Fsp3) is 0.500. The molecule has 1 aliphatic carbocycles. The molecule has 3 aromatic rings. The third kappa shape index (κ3) is 3.91. The first-order valence-corrected chi connectivity index (χ1v) is 13.7. The molecule has 2 fully saturated rings. The maximum absolute atomic E-state index is 13.7. The van der Waals surface area contributed by atoms with E-state index in [0.29, 0.717) is 44.9 Å². The van der Waals surface area contributed by atoms with Gasteiger partial charge in [0.25, 0.3) is 17.4 Å². The van der Waals surface area contributed by atoms with Crippen LogP contribution in [0.15, 0.2) is 23.3 Å². The normalized spacial score (nSPS) is 20.6. The number of nitrogens with zero attached hydrogens (tertiary/aromatic N) is 5. The molecule has 194 valence electrons. The maximum Gasteiger partial charge on any atom is 0.276 e. The number of hydrogen-bond donors (Lipinski definition) is 2. The Bertz CT molecular complexity index is 1470. The van der Waals surface area contributed by atoms with E-state index in [1.807, 2.05) is 32.0 Å². The number of carbonyl (C=O) groups excluding carboxylic acids is 2. The topological polar surface area (TPSA) is 112 Å². The summed E-state index contributed by atoms with van der Waals surface area (Å²) in [4.78, 5) is 54.0. The van der Waals surface area contributed by atoms with Gasteiger partial charge in [-0.3, -0.25) is 19.0 Å². The first kappa shape index (κ1) is 24.1. The Labute approximate surface area is 218 Å². The number of anilines is 2. The van der Waals surface area contributed by atoms with Crippen LogP contribution in [0.1, 0.15) is 64.2 Å². The number of aromatic nitrogens is 3. The van der Waals surface area contributed by atoms with Crippen LogP contribution in [0, 0.1) is 6.92 Å². The predicted molar refractivity (Wildman–Crippen MR) is 143 cm³/mol. The summed E-state index contributed by atoms with van der Waals surface area (Å²) >= 11 is 1.34. The van der Waals surface area contributed by atoms with Gasteiger partial charge >= 0.3 is 0 Å². The minimum absolute atomic E-state index is 0.00410. The van der Waals surface area contributed by atoms with Gasteiger partial charge in [0, 0.05) is 19.1 Å². The highest BCUT2D eigenvalue weighted by atomic mass is 32.1. The van der Waals surface area contributed by atoms with E-state index in [1.165, 1.54) is 17.7 Å². The number of aryl methyl sites for hydroxylation is 1. The molecular weight excluding hydrogens is 490 g/mol. The van der Waals surface area contributed by atoms with Crippen molar-refractivity contribution in [2.24, 2.45) is 0 Å². The number of carbonyl (C=O) groups is 2. The largest absolute Gasteiger partial charge is 0.336 e. The second-order valence-electron chi connectivity index (χ2n) is 10.6. The average Bonchev–Trinajstić information content (AvgIpc) is 3.59. The van der Waals surface area contributed by atoms with Gasteiger partial charge in [-0.05, 0) is 70.8 Å². The van der Waals surface area contributed by atoms with Gasteiger partial charge in [0.2, 0.25) is 0 Å². The monoisotopic (exact) mass is 521 g/mol. The molecule has 37 heavy (non-hydrogen) atoms. The Balaban J connectivity index is 1.35. The molecule has 1 saturated heterocycles. The van der Waals surface area contributed by atoms with Crippen LogP contribution in [-0.4, -0.2) is 69.4 Å². The number of thiophene rings is 1. The fourth-order valence-electron chi connectivity index (χ4n) is 6.03. The van der Waals surface area contributed by atoms with Crippen molar-refractivity contribution in [3.8, 4) is 0 Å². The van der Waals surface area contributed by atoms with Crippen molar-refractivity contribution >= 4 is 44.9 Å². The SMILES string of the molecule is Cc1cc(Nc2ncnc3sc(C(=O)N4CC[C@H](N(C)C)C4)cc23)c(=O)n2c1C(=O)NC21CCCCC1. The molecule has 6 rings (SSSR count). The minimum atomic E-state index is -0.659. The highest BCUT2D eigenvalue weighted by molar-refractivity contribution is 7.20. The van der Waals surface area contributed by atoms with Crippen LogP contribution in [-0.2, 0) is 5.66 Å². The predicted octanol–water partition coefficient (Wildman–Crippen LogP) is 3.04. The smallest absolute Gasteiger partial charge is 0.276 e. The van der Waals surface area contributed by atoms with Crippen LogP contribution in [0.4, 0.5) is 11.5 Å². The van der Waals surface area contributed by atoms with Gasteiger partial charge < -0.3 is 20.4 Å². The summed E-state index contributed by atoms with van der Waals surface area (Å²) in [5.74, 6) is 0.280. The number of likely N-dealkylation sites (tertiary alicyclic amines) is 1. The number of hydrogen-bond acceptors (Lipinski definition) is 8. The third-order valence-corrected chi connectivity index (χ3v) is 9.07. The fourth-order valence-corrected chi connectivity index (χ4v) is 6.99. The minimum Gasteiger partial charge on any atom is -0.336 e. The lowest BCUT2D eigenvalue weighted by molar-refractivity contribution is 0.0787. The molecule has 1 atom stereocenters. The Hall–Kier alpha value is -3.31. The quantitative estimate of drug-likeness (QED) is 0.543. The van der Waals surface area contributed by atoms with E-state index < -0.39 is 5.66 Å². The van der Waals surface area contributed by atoms with Crippen LogP contribution >= 0.6 is 11.3 Å². The Morgan fingerprint density at radius 1 is 1.19 bits per heavy atom. The zero-order chi connectivity index (χ0) is 25.9. The molecule has 0 unspecified atom stereocenters. The van der Waals surface area contributed by atoms with Gasteiger partial charge in [-0.15, -0.1) is 11.3 Å². The lowest BCUT2D eigenvalue weighted by Gasteiger charge is -2.35. The Morgan fingerprint density at radius 3 is 2.70 bits per heavy atom. The molecular formula is C26H31N7O3S. The molecule has 2 aliphatic heterocycles. The van der Waals surface area contributed by atoms with Gasteiger partial charge in [0.05, 0.1) is 10.3 Å². The maximum atomic E-state index is 13.7. The van der Waals surface area contributed by atoms with Crippen molar-refractivity contribution in [1.82, 2.24) is 29.7 Å². The molecule has 10 nitrogen and oxygen atoms in total. The van der Waals surface area contributed by atoms with Crippen LogP contribution in [0.3, 0.4) is 0 Å². The van der Waals surface area contributed by atoms with Gasteiger partial charge in [0.1, 0.15) is 34.0 Å². The van der Waals surface area contributed by atoms with Gasteiger partial charge in [-0.1, -0.05) is 6.42 Å². The lowest BCUT2D eigenvalue weighted by Crippen LogP contribution is -2.48. The second kappa shape index (κ2) is 8.91. The first-order valence-electron chi connectivity index (χ1n) is 12.8. The highest BCUT2D eigenvalue weighted by Crippen LogP contribution is 2.38. The van der Waals surface area contributed by atoms with E-state index in [2.05, 4.69) is 25.5 Å². The summed E-state index contributed by atoms with van der Waals surface area (Å²) < 4.78 is 1.67. The Kier molecular flexibility index (Phi) is 5.79. The van der Waals surface area contributed by atoms with Crippen molar-refractivity contribution in [2.75, 3.05) is 32.5 Å². The van der Waals surface area contributed by atoms with Crippen LogP contribution in [0.25, 0.3) is 10.2 Å². The summed E-state index contributed by atoms with van der Waals surface area (Å²) in [5.41, 5.74) is 0.627. The standard InChI is InChI=1S/C26H31N7O3S/c1-15-11-18(24(35)33-20(15)22(34)30-26(33)8-5-4-6-9-26)29-21-17-12-19(37-23(17)28-14-27-21)25(36)32-10-7-16(13-32)31(2)3/h11-12,14,16H,4-10,13H2,1-3H3,(H,30,34)(H,27,28,29)/t16-/m0/s1. The lowest BCUT2D eigenvalue weighted by atomic mass is 9.89. The van der Waals surface area contributed by atoms with Crippen LogP contribution < -0.4 is 16.2 Å². The van der Waals surface area contributed by atoms with Crippen molar-refractivity contribution in [1.29, 1.82) is 0 Å². The van der Waals surface area contributed by atoms with Crippen molar-refractivity contribution in [3.63, 3.8) is 0 Å². The molecule has 0 bridgehead atoms. The summed E-state index contributed by atoms with van der Waals surface area (Å²) in [5, 5.41) is 7.03. The third-order valence-electron chi connectivity index (χ3n) is 8.04. The summed E-state index contributed by atoms with van der Waals surface area (Å²) in [7, 11) is 4.08. The molecule has 5 heterocycles. The number of likely N-dealkylation sites (N-methyl/N-ethyl adjacent to an activating group) is 1. The zero-order valence-corrected chi connectivity index (χ0v) is 22.2. The molecule has 2 amide bonds. The molecule has 0 radical (unpaired) electrons. The number of fused-ring (bicyclic) bond motifs is 3. The van der Waals surface area contributed by atoms with Gasteiger partial charge in [-0.25, -0.2) is 9.97 Å². The highest BCUT2D eigenvalue weighted by Gasteiger charge is 2.45. The molecule has 0 aromatic carbocycles. The number of rotatable bonds is 4. The van der Waals surface area contributed by atoms with Gasteiger partial charge in [0.15, 0.2) is 0 Å². The number of pyridine rings is 1. The first-order chi connectivity index (χ1) is 17.8. The summed E-state index contributed by atoms with van der Waals surface area (Å²) in [6.07, 6.45) is 6.92. The number of amides is 2. The van der Waals surface area contributed by atoms with E-state index in [4.69, 9.17) is 0 Å². The zero-order valence-electron chi connectivity index (χ0n) is 21.3. The van der Waals surface area contributed by atoms with Crippen LogP contribution in [0.5, 0.6) is 0 Å². The van der Waals surface area contributed by atoms with E-state index in [1.54, 1.807) is 10.6 Å². The van der Waals surface area contributed by atoms with Crippen molar-refractivity contribution < 1.29 is 9.59 Å². The number of nitrogens with one attached hydrogen (secondary N) is 2.